The standard InChI is InChI=1S/C59H40F3N3/c1-36-13-4-6-16-43(36)40-25-29-54-49(32-40)45-18-8-10-21-52(45)64(54)56-31-39(35-63)23-27-47(56)48-28-24-42(58-38(3)15-12-20-51(58)59(60,61)62)34-57(48)65-53-22-11-9-19-46(53)50-33-41(26-30-55(50)65)44-17-7-5-14-37(44)2/h4-34H,1-3H3. The Kier molecular flexibility index (Phi) is 9.34. The molecule has 312 valence electrons. The first-order valence-electron chi connectivity index (χ1n) is 21.6. The summed E-state index contributed by atoms with van der Waals surface area (Å²) in [5.74, 6) is 0. The van der Waals surface area contributed by atoms with Crippen molar-refractivity contribution in [1.82, 2.24) is 9.13 Å². The van der Waals surface area contributed by atoms with Crippen molar-refractivity contribution in [3.05, 3.63) is 216 Å². The van der Waals surface area contributed by atoms with Crippen molar-refractivity contribution in [3.63, 3.8) is 0 Å². The smallest absolute Gasteiger partial charge is 0.309 e. The second-order valence-corrected chi connectivity index (χ2v) is 16.9. The van der Waals surface area contributed by atoms with Gasteiger partial charge in [0.2, 0.25) is 0 Å². The lowest BCUT2D eigenvalue weighted by atomic mass is 9.91. The first-order chi connectivity index (χ1) is 31.6. The first-order valence-corrected chi connectivity index (χ1v) is 21.6. The van der Waals surface area contributed by atoms with Crippen LogP contribution in [0.3, 0.4) is 0 Å². The van der Waals surface area contributed by atoms with Crippen molar-refractivity contribution < 1.29 is 13.2 Å². The van der Waals surface area contributed by atoms with E-state index in [4.69, 9.17) is 0 Å². The van der Waals surface area contributed by atoms with E-state index in [9.17, 15) is 18.4 Å². The third-order valence-corrected chi connectivity index (χ3v) is 13.0. The van der Waals surface area contributed by atoms with Crippen molar-refractivity contribution >= 4 is 43.6 Å². The van der Waals surface area contributed by atoms with Gasteiger partial charge in [0, 0.05) is 32.7 Å². The summed E-state index contributed by atoms with van der Waals surface area (Å²) in [6, 6.07) is 64.4. The van der Waals surface area contributed by atoms with Crippen LogP contribution >= 0.6 is 0 Å². The monoisotopic (exact) mass is 847 g/mol. The van der Waals surface area contributed by atoms with Gasteiger partial charge in [-0.1, -0.05) is 127 Å². The Balaban J connectivity index is 1.23. The summed E-state index contributed by atoms with van der Waals surface area (Å²) in [5, 5.41) is 14.6. The molecule has 0 fully saturated rings. The highest BCUT2D eigenvalue weighted by molar-refractivity contribution is 6.13. The number of benzene rings is 9. The molecule has 0 N–H and O–H groups in total. The second kappa shape index (κ2) is 15.3. The molecule has 0 unspecified atom stereocenters. The molecule has 2 heterocycles. The highest BCUT2D eigenvalue weighted by atomic mass is 19.4. The molecule has 11 aromatic rings. The number of aromatic nitrogens is 2. The molecule has 3 nitrogen and oxygen atoms in total. The molecule has 2 aromatic heterocycles. The summed E-state index contributed by atoms with van der Waals surface area (Å²) < 4.78 is 49.1. The zero-order valence-corrected chi connectivity index (χ0v) is 35.9. The maximum absolute atomic E-state index is 14.9. The molecule has 6 heteroatoms. The van der Waals surface area contributed by atoms with Gasteiger partial charge < -0.3 is 9.13 Å². The summed E-state index contributed by atoms with van der Waals surface area (Å²) in [4.78, 5) is 0. The maximum atomic E-state index is 14.9. The number of hydrogen-bond acceptors (Lipinski definition) is 1. The number of nitriles is 1. The van der Waals surface area contributed by atoms with Crippen LogP contribution in [-0.2, 0) is 6.18 Å². The Morgan fingerprint density at radius 1 is 0.400 bits per heavy atom. The molecule has 65 heavy (non-hydrogen) atoms. The van der Waals surface area contributed by atoms with E-state index in [1.807, 2.05) is 78.9 Å². The number of alkyl halides is 3. The molecule has 11 rings (SSSR count). The number of fused-ring (bicyclic) bond motifs is 6. The van der Waals surface area contributed by atoms with E-state index in [0.717, 1.165) is 94.3 Å². The van der Waals surface area contributed by atoms with Gasteiger partial charge in [-0.15, -0.1) is 0 Å². The van der Waals surface area contributed by atoms with Crippen LogP contribution in [0.1, 0.15) is 27.8 Å². The summed E-state index contributed by atoms with van der Waals surface area (Å²) in [7, 11) is 0. The van der Waals surface area contributed by atoms with Gasteiger partial charge in [-0.05, 0) is 132 Å². The Morgan fingerprint density at radius 3 is 1.40 bits per heavy atom. The quantitative estimate of drug-likeness (QED) is 0.164. The Morgan fingerprint density at radius 2 is 0.862 bits per heavy atom. The van der Waals surface area contributed by atoms with Crippen LogP contribution in [0.15, 0.2) is 188 Å². The van der Waals surface area contributed by atoms with Gasteiger partial charge in [-0.3, -0.25) is 0 Å². The summed E-state index contributed by atoms with van der Waals surface area (Å²) in [6.45, 7) is 5.96. The molecule has 0 atom stereocenters. The van der Waals surface area contributed by atoms with Gasteiger partial charge in [-0.2, -0.15) is 18.4 Å². The van der Waals surface area contributed by atoms with E-state index in [-0.39, 0.29) is 5.56 Å². The van der Waals surface area contributed by atoms with Crippen LogP contribution in [0.4, 0.5) is 13.2 Å². The van der Waals surface area contributed by atoms with Crippen LogP contribution in [0.2, 0.25) is 0 Å². The number of para-hydroxylation sites is 2. The molecule has 0 amide bonds. The predicted molar refractivity (Wildman–Crippen MR) is 261 cm³/mol. The molecule has 0 aliphatic rings. The lowest BCUT2D eigenvalue weighted by Gasteiger charge is -2.21. The predicted octanol–water partition coefficient (Wildman–Crippen LogP) is 16.4. The van der Waals surface area contributed by atoms with Gasteiger partial charge in [0.1, 0.15) is 0 Å². The largest absolute Gasteiger partial charge is 0.417 e. The van der Waals surface area contributed by atoms with E-state index in [1.54, 1.807) is 13.0 Å². The normalized spacial score (nSPS) is 11.8. The molecule has 0 aliphatic carbocycles. The van der Waals surface area contributed by atoms with Crippen LogP contribution < -0.4 is 0 Å². The minimum Gasteiger partial charge on any atom is -0.309 e. The number of nitrogens with zero attached hydrogens (tertiary/aromatic N) is 3. The highest BCUT2D eigenvalue weighted by Gasteiger charge is 2.34. The number of aryl methyl sites for hydroxylation is 3. The fraction of sp³-hybridized carbons (Fsp3) is 0.0678. The second-order valence-electron chi connectivity index (χ2n) is 16.9. The van der Waals surface area contributed by atoms with Crippen LogP contribution in [0, 0.1) is 32.1 Å². The summed E-state index contributed by atoms with van der Waals surface area (Å²) >= 11 is 0. The molecule has 0 spiro atoms. The van der Waals surface area contributed by atoms with Crippen molar-refractivity contribution in [2.24, 2.45) is 0 Å². The molecular formula is C59H40F3N3. The van der Waals surface area contributed by atoms with Crippen molar-refractivity contribution in [2.75, 3.05) is 0 Å². The Hall–Kier alpha value is -8.14. The average Bonchev–Trinajstić information content (AvgIpc) is 3.83. The van der Waals surface area contributed by atoms with Crippen LogP contribution in [0.25, 0.3) is 99.5 Å². The topological polar surface area (TPSA) is 33.6 Å². The number of rotatable bonds is 6. The van der Waals surface area contributed by atoms with Gasteiger partial charge in [-0.25, -0.2) is 0 Å². The lowest BCUT2D eigenvalue weighted by molar-refractivity contribution is -0.137. The van der Waals surface area contributed by atoms with Crippen LogP contribution in [0.5, 0.6) is 0 Å². The van der Waals surface area contributed by atoms with E-state index in [1.165, 1.54) is 11.6 Å². The molecular weight excluding hydrogens is 808 g/mol. The molecule has 0 radical (unpaired) electrons. The highest BCUT2D eigenvalue weighted by Crippen LogP contribution is 2.46. The molecule has 0 saturated heterocycles. The summed E-state index contributed by atoms with van der Waals surface area (Å²) in [5.41, 5.74) is 14.6. The van der Waals surface area contributed by atoms with Gasteiger partial charge >= 0.3 is 6.18 Å². The van der Waals surface area contributed by atoms with Crippen molar-refractivity contribution in [2.45, 2.75) is 26.9 Å². The lowest BCUT2D eigenvalue weighted by Crippen LogP contribution is -2.08. The molecule has 0 saturated carbocycles. The van der Waals surface area contributed by atoms with Crippen LogP contribution in [-0.4, -0.2) is 9.13 Å². The van der Waals surface area contributed by atoms with E-state index >= 15 is 0 Å². The molecule has 9 aromatic carbocycles. The van der Waals surface area contributed by atoms with E-state index in [0.29, 0.717) is 22.4 Å². The van der Waals surface area contributed by atoms with Gasteiger partial charge in [0.25, 0.3) is 0 Å². The zero-order chi connectivity index (χ0) is 44.6. The first kappa shape index (κ1) is 39.7. The Labute approximate surface area is 374 Å². The Bertz CT molecular complexity index is 3760. The SMILES string of the molecule is Cc1ccccc1-c1ccc2c(c1)c1ccccc1n2-c1cc(C#N)ccc1-c1ccc(-c2c(C)cccc2C(F)(F)F)cc1-n1c2ccccc2c2cc(-c3ccccc3C)ccc21. The third-order valence-electron chi connectivity index (χ3n) is 13.0. The summed E-state index contributed by atoms with van der Waals surface area (Å²) in [6.07, 6.45) is -4.57. The van der Waals surface area contributed by atoms with Gasteiger partial charge in [0.05, 0.1) is 50.6 Å². The molecule has 0 bridgehead atoms. The average molecular weight is 848 g/mol. The number of hydrogen-bond donors (Lipinski definition) is 0. The van der Waals surface area contributed by atoms with E-state index < -0.39 is 11.7 Å². The van der Waals surface area contributed by atoms with Crippen molar-refractivity contribution in [1.29, 1.82) is 5.26 Å². The number of halogens is 3. The van der Waals surface area contributed by atoms with Crippen molar-refractivity contribution in [3.8, 4) is 62.0 Å². The minimum atomic E-state index is -4.57. The maximum Gasteiger partial charge on any atom is 0.417 e. The fourth-order valence-corrected chi connectivity index (χ4v) is 9.99. The molecule has 0 aliphatic heterocycles. The zero-order valence-electron chi connectivity index (χ0n) is 35.9. The fourth-order valence-electron chi connectivity index (χ4n) is 9.99. The third kappa shape index (κ3) is 6.50. The minimum absolute atomic E-state index is 0.141. The van der Waals surface area contributed by atoms with Gasteiger partial charge in [0.15, 0.2) is 0 Å². The van der Waals surface area contributed by atoms with E-state index in [2.05, 4.69) is 120 Å².